The summed E-state index contributed by atoms with van der Waals surface area (Å²) in [6, 6.07) is 3.49. The number of hydrogen-bond donors (Lipinski definition) is 1. The molecule has 5 heteroatoms. The van der Waals surface area contributed by atoms with Crippen LogP contribution in [0.5, 0.6) is 0 Å². The highest BCUT2D eigenvalue weighted by Gasteiger charge is 2.12. The molecule has 1 rings (SSSR count). The van der Waals surface area contributed by atoms with Gasteiger partial charge in [-0.2, -0.15) is 0 Å². The zero-order chi connectivity index (χ0) is 13.0. The second kappa shape index (κ2) is 5.72. The van der Waals surface area contributed by atoms with E-state index in [1.807, 2.05) is 13.8 Å². The van der Waals surface area contributed by atoms with Crippen molar-refractivity contribution in [3.63, 3.8) is 0 Å². The summed E-state index contributed by atoms with van der Waals surface area (Å²) in [5.74, 6) is -0.139. The first-order chi connectivity index (χ1) is 7.88. The molecule has 0 aliphatic heterocycles. The average Bonchev–Trinajstić information content (AvgIpc) is 2.14. The molecule has 0 aliphatic rings. The van der Waals surface area contributed by atoms with Gasteiger partial charge in [0.05, 0.1) is 11.0 Å². The molecule has 0 bridgehead atoms. The minimum absolute atomic E-state index is 0.101. The molecule has 1 aromatic carbocycles. The van der Waals surface area contributed by atoms with Crippen LogP contribution in [0.2, 0.25) is 0 Å². The van der Waals surface area contributed by atoms with Crippen LogP contribution in [0.15, 0.2) is 18.2 Å². The van der Waals surface area contributed by atoms with Crippen molar-refractivity contribution in [1.29, 1.82) is 0 Å². The topological polar surface area (TPSA) is 69.2 Å². The quantitative estimate of drug-likeness (QED) is 0.635. The van der Waals surface area contributed by atoms with Crippen molar-refractivity contribution in [2.75, 3.05) is 0 Å². The van der Waals surface area contributed by atoms with Crippen LogP contribution in [-0.4, -0.2) is 11.0 Å². The highest BCUT2D eigenvalue weighted by molar-refractivity contribution is 5.35. The Kier molecular flexibility index (Phi) is 4.57. The van der Waals surface area contributed by atoms with Gasteiger partial charge in [-0.05, 0) is 30.4 Å². The van der Waals surface area contributed by atoms with Gasteiger partial charge in [-0.25, -0.2) is 4.39 Å². The Bertz CT molecular complexity index is 407. The summed E-state index contributed by atoms with van der Waals surface area (Å²) in [5, 5.41) is 10.6. The molecular formula is C12H17FN2O2. The highest BCUT2D eigenvalue weighted by Crippen LogP contribution is 2.18. The third kappa shape index (κ3) is 4.48. The summed E-state index contributed by atoms with van der Waals surface area (Å²) in [6.07, 6.45) is 1.26. The molecule has 1 aromatic rings. The fourth-order valence-corrected chi connectivity index (χ4v) is 1.85. The van der Waals surface area contributed by atoms with Gasteiger partial charge >= 0.3 is 0 Å². The molecule has 17 heavy (non-hydrogen) atoms. The molecule has 0 radical (unpaired) electrons. The van der Waals surface area contributed by atoms with Gasteiger partial charge < -0.3 is 5.73 Å². The van der Waals surface area contributed by atoms with Gasteiger partial charge in [0.15, 0.2) is 0 Å². The molecule has 4 nitrogen and oxygen atoms in total. The molecule has 0 spiro atoms. The SMILES string of the molecule is CC(C)CC(N)Cc1cc(F)cc([N+](=O)[O-])c1. The zero-order valence-corrected chi connectivity index (χ0v) is 10.0. The van der Waals surface area contributed by atoms with Crippen molar-refractivity contribution in [2.24, 2.45) is 11.7 Å². The zero-order valence-electron chi connectivity index (χ0n) is 10.0. The molecule has 1 unspecified atom stereocenters. The number of rotatable bonds is 5. The Labute approximate surface area is 99.8 Å². The van der Waals surface area contributed by atoms with E-state index in [9.17, 15) is 14.5 Å². The predicted octanol–water partition coefficient (Wildman–Crippen LogP) is 2.65. The third-order valence-corrected chi connectivity index (χ3v) is 2.43. The second-order valence-corrected chi connectivity index (χ2v) is 4.67. The summed E-state index contributed by atoms with van der Waals surface area (Å²) in [7, 11) is 0. The lowest BCUT2D eigenvalue weighted by atomic mass is 9.98. The number of nitrogens with two attached hydrogens (primary N) is 1. The number of non-ortho nitro benzene ring substituents is 1. The maximum absolute atomic E-state index is 13.2. The molecule has 0 saturated heterocycles. The molecule has 0 amide bonds. The van der Waals surface area contributed by atoms with E-state index in [-0.39, 0.29) is 11.7 Å². The van der Waals surface area contributed by atoms with Crippen LogP contribution in [0.1, 0.15) is 25.8 Å². The number of benzene rings is 1. The molecule has 2 N–H and O–H groups in total. The van der Waals surface area contributed by atoms with E-state index in [0.29, 0.717) is 17.9 Å². The van der Waals surface area contributed by atoms with Crippen molar-refractivity contribution in [3.8, 4) is 0 Å². The monoisotopic (exact) mass is 240 g/mol. The van der Waals surface area contributed by atoms with E-state index in [1.54, 1.807) is 0 Å². The van der Waals surface area contributed by atoms with Gasteiger partial charge in [0, 0.05) is 12.1 Å². The fraction of sp³-hybridized carbons (Fsp3) is 0.500. The predicted molar refractivity (Wildman–Crippen MR) is 64.2 cm³/mol. The van der Waals surface area contributed by atoms with Gasteiger partial charge in [0.1, 0.15) is 5.82 Å². The van der Waals surface area contributed by atoms with Gasteiger partial charge in [-0.1, -0.05) is 13.8 Å². The highest BCUT2D eigenvalue weighted by atomic mass is 19.1. The Morgan fingerprint density at radius 3 is 2.59 bits per heavy atom. The van der Waals surface area contributed by atoms with E-state index in [1.165, 1.54) is 12.1 Å². The Morgan fingerprint density at radius 1 is 1.41 bits per heavy atom. The van der Waals surface area contributed by atoms with Crippen molar-refractivity contribution >= 4 is 5.69 Å². The van der Waals surface area contributed by atoms with E-state index in [0.717, 1.165) is 12.5 Å². The summed E-state index contributed by atoms with van der Waals surface area (Å²) < 4.78 is 13.2. The van der Waals surface area contributed by atoms with Gasteiger partial charge in [0.25, 0.3) is 5.69 Å². The lowest BCUT2D eigenvalue weighted by Gasteiger charge is -2.13. The average molecular weight is 240 g/mol. The van der Waals surface area contributed by atoms with Crippen molar-refractivity contribution < 1.29 is 9.31 Å². The minimum atomic E-state index is -0.597. The molecule has 1 atom stereocenters. The number of nitro benzene ring substituents is 1. The number of halogens is 1. The first-order valence-electron chi connectivity index (χ1n) is 5.58. The summed E-state index contributed by atoms with van der Waals surface area (Å²) in [5.41, 5.74) is 6.24. The van der Waals surface area contributed by atoms with Gasteiger partial charge in [-0.3, -0.25) is 10.1 Å². The second-order valence-electron chi connectivity index (χ2n) is 4.67. The van der Waals surface area contributed by atoms with Crippen LogP contribution in [0.4, 0.5) is 10.1 Å². The van der Waals surface area contributed by atoms with Crippen molar-refractivity contribution in [2.45, 2.75) is 32.7 Å². The molecular weight excluding hydrogens is 223 g/mol. The molecule has 0 fully saturated rings. The van der Waals surface area contributed by atoms with Crippen LogP contribution in [0, 0.1) is 21.8 Å². The largest absolute Gasteiger partial charge is 0.327 e. The van der Waals surface area contributed by atoms with Crippen LogP contribution in [0.3, 0.4) is 0 Å². The van der Waals surface area contributed by atoms with Crippen LogP contribution in [-0.2, 0) is 6.42 Å². The van der Waals surface area contributed by atoms with Crippen molar-refractivity contribution in [1.82, 2.24) is 0 Å². The molecule has 94 valence electrons. The number of hydrogen-bond acceptors (Lipinski definition) is 3. The molecule has 0 aliphatic carbocycles. The van der Waals surface area contributed by atoms with Crippen LogP contribution >= 0.6 is 0 Å². The normalized spacial score (nSPS) is 12.8. The molecule has 0 heterocycles. The first kappa shape index (κ1) is 13.6. The molecule has 0 saturated carbocycles. The summed E-state index contributed by atoms with van der Waals surface area (Å²) in [6.45, 7) is 4.10. The Balaban J connectivity index is 2.80. The molecule has 0 aromatic heterocycles. The maximum atomic E-state index is 13.2. The first-order valence-corrected chi connectivity index (χ1v) is 5.58. The van der Waals surface area contributed by atoms with E-state index in [4.69, 9.17) is 5.73 Å². The summed E-state index contributed by atoms with van der Waals surface area (Å²) in [4.78, 5) is 9.98. The smallest absolute Gasteiger partial charge is 0.272 e. The Morgan fingerprint density at radius 2 is 2.06 bits per heavy atom. The number of nitrogens with zero attached hydrogens (tertiary/aromatic N) is 1. The van der Waals surface area contributed by atoms with E-state index >= 15 is 0 Å². The van der Waals surface area contributed by atoms with E-state index < -0.39 is 10.7 Å². The lowest BCUT2D eigenvalue weighted by molar-refractivity contribution is -0.385. The van der Waals surface area contributed by atoms with E-state index in [2.05, 4.69) is 0 Å². The van der Waals surface area contributed by atoms with Crippen LogP contribution in [0.25, 0.3) is 0 Å². The van der Waals surface area contributed by atoms with Crippen molar-refractivity contribution in [3.05, 3.63) is 39.7 Å². The maximum Gasteiger partial charge on any atom is 0.272 e. The van der Waals surface area contributed by atoms with Gasteiger partial charge in [0.2, 0.25) is 0 Å². The minimum Gasteiger partial charge on any atom is -0.327 e. The fourth-order valence-electron chi connectivity index (χ4n) is 1.85. The third-order valence-electron chi connectivity index (χ3n) is 2.43. The van der Waals surface area contributed by atoms with Crippen LogP contribution < -0.4 is 5.73 Å². The van der Waals surface area contributed by atoms with Gasteiger partial charge in [-0.15, -0.1) is 0 Å². The Hall–Kier alpha value is -1.49. The summed E-state index contributed by atoms with van der Waals surface area (Å²) >= 11 is 0. The standard InChI is InChI=1S/C12H17FN2O2/c1-8(2)3-11(14)5-9-4-10(13)7-12(6-9)15(16)17/h4,6-8,11H,3,5,14H2,1-2H3. The number of nitro groups is 1. The lowest BCUT2D eigenvalue weighted by Crippen LogP contribution is -2.24.